The van der Waals surface area contributed by atoms with Crippen molar-refractivity contribution in [2.24, 2.45) is 35.1 Å². The predicted octanol–water partition coefficient (Wildman–Crippen LogP) is 2.90. The molecule has 0 aromatic rings. The standard InChI is InChI=1S/C15H30N2/c1-10-3-5-14(16)12(7-10)9-13-8-11(2)4-6-15(13)17/h10-15H,3-9,16-17H2,1-2H3. The Bertz CT molecular complexity index is 217. The SMILES string of the molecule is CC1CCC(N)C(CC2CC(C)CCC2N)C1. The first-order chi connectivity index (χ1) is 8.06. The highest BCUT2D eigenvalue weighted by Crippen LogP contribution is 2.37. The van der Waals surface area contributed by atoms with E-state index >= 15 is 0 Å². The highest BCUT2D eigenvalue weighted by Gasteiger charge is 2.32. The molecule has 0 bridgehead atoms. The van der Waals surface area contributed by atoms with Crippen molar-refractivity contribution in [3.8, 4) is 0 Å². The van der Waals surface area contributed by atoms with E-state index in [-0.39, 0.29) is 0 Å². The first-order valence-electron chi connectivity index (χ1n) is 7.57. The van der Waals surface area contributed by atoms with Gasteiger partial charge >= 0.3 is 0 Å². The second kappa shape index (κ2) is 5.71. The van der Waals surface area contributed by atoms with Crippen LogP contribution in [0.4, 0.5) is 0 Å². The van der Waals surface area contributed by atoms with Gasteiger partial charge in [-0.2, -0.15) is 0 Å². The van der Waals surface area contributed by atoms with E-state index in [0.717, 1.165) is 23.7 Å². The molecule has 0 aromatic heterocycles. The molecule has 0 aliphatic heterocycles. The molecule has 2 aliphatic rings. The van der Waals surface area contributed by atoms with Gasteiger partial charge in [0.05, 0.1) is 0 Å². The summed E-state index contributed by atoms with van der Waals surface area (Å²) in [5, 5.41) is 0. The van der Waals surface area contributed by atoms with Crippen molar-refractivity contribution in [1.29, 1.82) is 0 Å². The minimum absolute atomic E-state index is 0.440. The predicted molar refractivity (Wildman–Crippen MR) is 73.6 cm³/mol. The quantitative estimate of drug-likeness (QED) is 0.777. The molecule has 4 N–H and O–H groups in total. The van der Waals surface area contributed by atoms with Crippen LogP contribution in [0.5, 0.6) is 0 Å². The Balaban J connectivity index is 1.89. The molecule has 2 rings (SSSR count). The van der Waals surface area contributed by atoms with E-state index in [1.165, 1.54) is 44.9 Å². The maximum absolute atomic E-state index is 6.30. The van der Waals surface area contributed by atoms with Crippen molar-refractivity contribution in [2.75, 3.05) is 0 Å². The molecule has 2 nitrogen and oxygen atoms in total. The lowest BCUT2D eigenvalue weighted by Crippen LogP contribution is -2.42. The molecule has 0 radical (unpaired) electrons. The van der Waals surface area contributed by atoms with E-state index < -0.39 is 0 Å². The van der Waals surface area contributed by atoms with Gasteiger partial charge in [-0.25, -0.2) is 0 Å². The minimum Gasteiger partial charge on any atom is -0.327 e. The van der Waals surface area contributed by atoms with E-state index in [0.29, 0.717) is 12.1 Å². The van der Waals surface area contributed by atoms with Crippen LogP contribution in [0, 0.1) is 23.7 Å². The summed E-state index contributed by atoms with van der Waals surface area (Å²) in [6.07, 6.45) is 9.05. The third kappa shape index (κ3) is 3.45. The summed E-state index contributed by atoms with van der Waals surface area (Å²) in [7, 11) is 0. The second-order valence-electron chi connectivity index (χ2n) is 6.92. The third-order valence-corrected chi connectivity index (χ3v) is 5.21. The average Bonchev–Trinajstić information content (AvgIpc) is 2.28. The maximum Gasteiger partial charge on any atom is 0.00674 e. The molecule has 2 fully saturated rings. The summed E-state index contributed by atoms with van der Waals surface area (Å²) in [5.41, 5.74) is 12.6. The highest BCUT2D eigenvalue weighted by molar-refractivity contribution is 4.88. The summed E-state index contributed by atoms with van der Waals surface area (Å²) in [4.78, 5) is 0. The van der Waals surface area contributed by atoms with Crippen LogP contribution in [-0.2, 0) is 0 Å². The molecule has 0 spiro atoms. The van der Waals surface area contributed by atoms with Gasteiger partial charge in [0.15, 0.2) is 0 Å². The molecule has 0 amide bonds. The third-order valence-electron chi connectivity index (χ3n) is 5.21. The molecular formula is C15H30N2. The largest absolute Gasteiger partial charge is 0.327 e. The summed E-state index contributed by atoms with van der Waals surface area (Å²) < 4.78 is 0. The summed E-state index contributed by atoms with van der Waals surface area (Å²) in [6.45, 7) is 4.75. The monoisotopic (exact) mass is 238 g/mol. The Labute approximate surface area is 107 Å². The fraction of sp³-hybridized carbons (Fsp3) is 1.00. The van der Waals surface area contributed by atoms with E-state index in [1.54, 1.807) is 0 Å². The van der Waals surface area contributed by atoms with Gasteiger partial charge < -0.3 is 11.5 Å². The van der Waals surface area contributed by atoms with Crippen LogP contribution in [0.2, 0.25) is 0 Å². The van der Waals surface area contributed by atoms with Crippen LogP contribution >= 0.6 is 0 Å². The zero-order valence-electron chi connectivity index (χ0n) is 11.6. The van der Waals surface area contributed by atoms with Crippen molar-refractivity contribution in [1.82, 2.24) is 0 Å². The van der Waals surface area contributed by atoms with Crippen molar-refractivity contribution in [3.63, 3.8) is 0 Å². The average molecular weight is 238 g/mol. The molecule has 0 saturated heterocycles. The van der Waals surface area contributed by atoms with Crippen LogP contribution in [-0.4, -0.2) is 12.1 Å². The van der Waals surface area contributed by atoms with Crippen LogP contribution in [0.1, 0.15) is 58.8 Å². The summed E-state index contributed by atoms with van der Waals surface area (Å²) >= 11 is 0. The molecule has 2 heteroatoms. The zero-order chi connectivity index (χ0) is 12.4. The van der Waals surface area contributed by atoms with Gasteiger partial charge in [-0.05, 0) is 68.6 Å². The van der Waals surface area contributed by atoms with Gasteiger partial charge in [0, 0.05) is 12.1 Å². The highest BCUT2D eigenvalue weighted by atomic mass is 14.7. The Kier molecular flexibility index (Phi) is 4.48. The van der Waals surface area contributed by atoms with E-state index in [9.17, 15) is 0 Å². The first-order valence-corrected chi connectivity index (χ1v) is 7.57. The summed E-state index contributed by atoms with van der Waals surface area (Å²) in [5.74, 6) is 3.22. The van der Waals surface area contributed by atoms with E-state index in [4.69, 9.17) is 11.5 Å². The normalized spacial score (nSPS) is 48.0. The van der Waals surface area contributed by atoms with Gasteiger partial charge in [-0.15, -0.1) is 0 Å². The molecule has 0 aromatic carbocycles. The molecule has 2 aliphatic carbocycles. The molecule has 6 atom stereocenters. The number of hydrogen-bond acceptors (Lipinski definition) is 2. The van der Waals surface area contributed by atoms with Gasteiger partial charge in [-0.3, -0.25) is 0 Å². The molecule has 100 valence electrons. The van der Waals surface area contributed by atoms with Crippen molar-refractivity contribution in [2.45, 2.75) is 70.9 Å². The van der Waals surface area contributed by atoms with Crippen LogP contribution in [0.15, 0.2) is 0 Å². The van der Waals surface area contributed by atoms with Crippen molar-refractivity contribution < 1.29 is 0 Å². The Morgan fingerprint density at radius 2 is 1.18 bits per heavy atom. The number of nitrogens with two attached hydrogens (primary N) is 2. The fourth-order valence-electron chi connectivity index (χ4n) is 3.98. The van der Waals surface area contributed by atoms with E-state index in [2.05, 4.69) is 13.8 Å². The fourth-order valence-corrected chi connectivity index (χ4v) is 3.98. The number of rotatable bonds is 2. The Hall–Kier alpha value is -0.0800. The first kappa shape index (κ1) is 13.4. The molecule has 17 heavy (non-hydrogen) atoms. The topological polar surface area (TPSA) is 52.0 Å². The van der Waals surface area contributed by atoms with Crippen molar-refractivity contribution >= 4 is 0 Å². The smallest absolute Gasteiger partial charge is 0.00674 e. The van der Waals surface area contributed by atoms with Crippen LogP contribution in [0.25, 0.3) is 0 Å². The summed E-state index contributed by atoms with van der Waals surface area (Å²) in [6, 6.07) is 0.881. The van der Waals surface area contributed by atoms with Gasteiger partial charge in [0.25, 0.3) is 0 Å². The number of hydrogen-bond donors (Lipinski definition) is 2. The minimum atomic E-state index is 0.440. The molecule has 6 unspecified atom stereocenters. The maximum atomic E-state index is 6.30. The zero-order valence-corrected chi connectivity index (χ0v) is 11.6. The Morgan fingerprint density at radius 3 is 1.59 bits per heavy atom. The Morgan fingerprint density at radius 1 is 0.765 bits per heavy atom. The lowest BCUT2D eigenvalue weighted by Gasteiger charge is -2.39. The van der Waals surface area contributed by atoms with Gasteiger partial charge in [0.2, 0.25) is 0 Å². The lowest BCUT2D eigenvalue weighted by atomic mass is 9.70. The van der Waals surface area contributed by atoms with Crippen LogP contribution in [0.3, 0.4) is 0 Å². The second-order valence-corrected chi connectivity index (χ2v) is 6.92. The molecular weight excluding hydrogens is 208 g/mol. The van der Waals surface area contributed by atoms with Gasteiger partial charge in [-0.1, -0.05) is 13.8 Å². The van der Waals surface area contributed by atoms with Gasteiger partial charge in [0.1, 0.15) is 0 Å². The van der Waals surface area contributed by atoms with E-state index in [1.807, 2.05) is 0 Å². The van der Waals surface area contributed by atoms with Crippen molar-refractivity contribution in [3.05, 3.63) is 0 Å². The van der Waals surface area contributed by atoms with Crippen LogP contribution < -0.4 is 11.5 Å². The molecule has 0 heterocycles. The lowest BCUT2D eigenvalue weighted by molar-refractivity contribution is 0.157. The molecule has 2 saturated carbocycles.